The molecular weight excluding hydrogens is 1310 g/mol. The maximum Gasteiger partial charge on any atom is 0.220 e. The normalized spacial score (nSPS) is 26.6. The van der Waals surface area contributed by atoms with Gasteiger partial charge in [0.05, 0.1) is 38.6 Å². The summed E-state index contributed by atoms with van der Waals surface area (Å²) in [6, 6.07) is -0.985. The lowest BCUT2D eigenvalue weighted by Crippen LogP contribution is -2.66. The van der Waals surface area contributed by atoms with Crippen molar-refractivity contribution in [1.29, 1.82) is 0 Å². The van der Waals surface area contributed by atoms with Gasteiger partial charge in [-0.25, -0.2) is 0 Å². The molecule has 19 nitrogen and oxygen atoms in total. The number of aliphatic hydroxyl groups is 11. The Bertz CT molecular complexity index is 2240. The fourth-order valence-electron chi connectivity index (χ4n) is 13.4. The molecule has 19 heteroatoms. The molecule has 0 aliphatic carbocycles. The van der Waals surface area contributed by atoms with E-state index in [0.29, 0.717) is 6.42 Å². The molecule has 3 heterocycles. The molecule has 3 fully saturated rings. The van der Waals surface area contributed by atoms with Crippen molar-refractivity contribution in [3.05, 3.63) is 97.2 Å². The van der Waals surface area contributed by atoms with E-state index in [9.17, 15) is 61.0 Å². The third-order valence-electron chi connectivity index (χ3n) is 19.9. The summed E-state index contributed by atoms with van der Waals surface area (Å²) in [6.45, 7) is 1.64. The van der Waals surface area contributed by atoms with Gasteiger partial charge in [-0.1, -0.05) is 310 Å². The van der Waals surface area contributed by atoms with Gasteiger partial charge in [0.25, 0.3) is 0 Å². The SMILES string of the molecule is CC/C=C\C/C=C\C/C=C\C/C=C\C/C=C\C/C=C\C/C=C\CCCCCCCCCCCC(=O)NC(COC1OC(CO)C(OC2OC(CO)C(OC3OC(CO)C(O)C(O)C3O)C(O)C2O)C(O)C1O)C(O)/C=C/CCCCCCCCCCCCCCCCCCCCCCCCCCC. The van der Waals surface area contributed by atoms with Gasteiger partial charge < -0.3 is 89.9 Å². The van der Waals surface area contributed by atoms with E-state index in [0.717, 1.165) is 103 Å². The van der Waals surface area contributed by atoms with Crippen LogP contribution in [0.5, 0.6) is 0 Å². The highest BCUT2D eigenvalue weighted by atomic mass is 16.8. The molecular formula is C84H147NO18. The van der Waals surface area contributed by atoms with Crippen molar-refractivity contribution in [2.45, 2.75) is 401 Å². The standard InChI is InChI=1S/C84H147NO18/c1-3-5-7-9-11-13-15-17-19-21-23-25-27-29-31-32-33-34-36-38-40-42-44-46-48-50-52-54-56-58-60-62-72(90)85-67(68(89)61-59-57-55-53-51-49-47-45-43-41-39-37-35-30-28-26-24-22-20-18-16-14-12-10-8-6-4-2)66-98-82-78(96)75(93)80(70(64-87)100-82)103-84-79(97)76(94)81(71(65-88)101-84)102-83-77(95)74(92)73(91)69(63-86)99-83/h5,7,11,13,17,19,23,25,29,31,33-34,38,40,59,61,67-71,73-84,86-89,91-97H,3-4,6,8-10,12,14-16,18,20-22,24,26-28,30,32,35-37,39,41-58,60,62-66H2,1-2H3,(H,85,90)/b7-5-,13-11-,19-17-,25-23-,31-29-,34-33-,40-38-,61-59+. The molecule has 0 radical (unpaired) electrons. The van der Waals surface area contributed by atoms with Crippen molar-refractivity contribution >= 4 is 5.91 Å². The van der Waals surface area contributed by atoms with Crippen LogP contribution in [0.25, 0.3) is 0 Å². The molecule has 17 unspecified atom stereocenters. The largest absolute Gasteiger partial charge is 0.394 e. The van der Waals surface area contributed by atoms with Crippen LogP contribution < -0.4 is 5.32 Å². The summed E-state index contributed by atoms with van der Waals surface area (Å²) in [4.78, 5) is 13.5. The van der Waals surface area contributed by atoms with E-state index in [1.54, 1.807) is 6.08 Å². The van der Waals surface area contributed by atoms with Crippen molar-refractivity contribution < 1.29 is 89.4 Å². The lowest BCUT2D eigenvalue weighted by Gasteiger charge is -2.48. The average molecular weight is 1460 g/mol. The Morgan fingerprint density at radius 1 is 0.359 bits per heavy atom. The van der Waals surface area contributed by atoms with Gasteiger partial charge >= 0.3 is 0 Å². The fraction of sp³-hybridized carbons (Fsp3) is 0.798. The first kappa shape index (κ1) is 93.9. The number of carbonyl (C=O) groups is 1. The highest BCUT2D eigenvalue weighted by molar-refractivity contribution is 5.76. The Morgan fingerprint density at radius 3 is 1.05 bits per heavy atom. The summed E-state index contributed by atoms with van der Waals surface area (Å²) in [5.41, 5.74) is 0. The van der Waals surface area contributed by atoms with Gasteiger partial charge in [-0.05, 0) is 77.0 Å². The van der Waals surface area contributed by atoms with Crippen molar-refractivity contribution in [3.63, 3.8) is 0 Å². The number of nitrogens with one attached hydrogen (secondary N) is 1. The first-order valence-corrected chi connectivity index (χ1v) is 41.0. The molecule has 0 spiro atoms. The van der Waals surface area contributed by atoms with Crippen LogP contribution in [0.1, 0.15) is 296 Å². The zero-order valence-corrected chi connectivity index (χ0v) is 63.8. The Labute approximate surface area is 622 Å². The predicted octanol–water partition coefficient (Wildman–Crippen LogP) is 14.0. The lowest BCUT2D eigenvalue weighted by molar-refractivity contribution is -0.379. The summed E-state index contributed by atoms with van der Waals surface area (Å²) in [5, 5.41) is 121. The van der Waals surface area contributed by atoms with E-state index < -0.39 is 124 Å². The van der Waals surface area contributed by atoms with E-state index in [1.807, 2.05) is 6.08 Å². The minimum atomic E-state index is -1.98. The van der Waals surface area contributed by atoms with Crippen LogP contribution in [0.15, 0.2) is 97.2 Å². The molecule has 3 saturated heterocycles. The molecule has 0 aromatic rings. The molecule has 0 saturated carbocycles. The van der Waals surface area contributed by atoms with Crippen molar-refractivity contribution in [1.82, 2.24) is 5.32 Å². The number of rotatable bonds is 64. The van der Waals surface area contributed by atoms with E-state index in [1.165, 1.54) is 167 Å². The first-order chi connectivity index (χ1) is 50.3. The summed E-state index contributed by atoms with van der Waals surface area (Å²) < 4.78 is 34.5. The molecule has 3 aliphatic rings. The second-order valence-corrected chi connectivity index (χ2v) is 28.9. The number of hydrogen-bond donors (Lipinski definition) is 12. The summed E-state index contributed by atoms with van der Waals surface area (Å²) in [7, 11) is 0. The van der Waals surface area contributed by atoms with E-state index in [-0.39, 0.29) is 18.9 Å². The Balaban J connectivity index is 1.38. The maximum absolute atomic E-state index is 13.5. The highest BCUT2D eigenvalue weighted by Crippen LogP contribution is 2.33. The van der Waals surface area contributed by atoms with Crippen LogP contribution >= 0.6 is 0 Å². The zero-order valence-electron chi connectivity index (χ0n) is 63.8. The molecule has 3 rings (SSSR count). The van der Waals surface area contributed by atoms with E-state index in [2.05, 4.69) is 104 Å². The smallest absolute Gasteiger partial charge is 0.220 e. The van der Waals surface area contributed by atoms with Crippen LogP contribution in [0, 0.1) is 0 Å². The molecule has 0 aromatic heterocycles. The van der Waals surface area contributed by atoms with Gasteiger partial charge in [-0.2, -0.15) is 0 Å². The van der Waals surface area contributed by atoms with Gasteiger partial charge in [0.1, 0.15) is 73.2 Å². The second kappa shape index (κ2) is 63.6. The number of aliphatic hydroxyl groups excluding tert-OH is 11. The van der Waals surface area contributed by atoms with Gasteiger partial charge in [-0.15, -0.1) is 0 Å². The van der Waals surface area contributed by atoms with E-state index in [4.69, 9.17) is 28.4 Å². The molecule has 596 valence electrons. The maximum atomic E-state index is 13.5. The number of allylic oxidation sites excluding steroid dienone is 15. The monoisotopic (exact) mass is 1460 g/mol. The summed E-state index contributed by atoms with van der Waals surface area (Å²) in [5.74, 6) is -0.283. The predicted molar refractivity (Wildman–Crippen MR) is 411 cm³/mol. The number of ether oxygens (including phenoxy) is 6. The molecule has 1 amide bonds. The molecule has 0 bridgehead atoms. The molecule has 103 heavy (non-hydrogen) atoms. The van der Waals surface area contributed by atoms with Crippen molar-refractivity contribution in [2.24, 2.45) is 0 Å². The Hall–Kier alpha value is -3.29. The molecule has 3 aliphatic heterocycles. The Morgan fingerprint density at radius 2 is 0.670 bits per heavy atom. The fourth-order valence-corrected chi connectivity index (χ4v) is 13.4. The van der Waals surface area contributed by atoms with Crippen LogP contribution in [0.4, 0.5) is 0 Å². The molecule has 12 N–H and O–H groups in total. The van der Waals surface area contributed by atoms with Crippen molar-refractivity contribution in [3.8, 4) is 0 Å². The first-order valence-electron chi connectivity index (χ1n) is 41.0. The van der Waals surface area contributed by atoms with Gasteiger partial charge in [-0.3, -0.25) is 4.79 Å². The number of amides is 1. The zero-order chi connectivity index (χ0) is 74.6. The van der Waals surface area contributed by atoms with Crippen LogP contribution in [0.2, 0.25) is 0 Å². The highest BCUT2D eigenvalue weighted by Gasteiger charge is 2.54. The molecule has 0 aromatic carbocycles. The number of hydrogen-bond acceptors (Lipinski definition) is 18. The van der Waals surface area contributed by atoms with Gasteiger partial charge in [0.15, 0.2) is 18.9 Å². The van der Waals surface area contributed by atoms with Crippen molar-refractivity contribution in [2.75, 3.05) is 26.4 Å². The minimum absolute atomic E-state index is 0.231. The molecule has 17 atom stereocenters. The third kappa shape index (κ3) is 43.5. The third-order valence-corrected chi connectivity index (χ3v) is 19.9. The van der Waals surface area contributed by atoms with Crippen LogP contribution in [0.3, 0.4) is 0 Å². The minimum Gasteiger partial charge on any atom is -0.394 e. The lowest BCUT2D eigenvalue weighted by atomic mass is 9.96. The van der Waals surface area contributed by atoms with Crippen LogP contribution in [-0.2, 0) is 33.2 Å². The van der Waals surface area contributed by atoms with Crippen LogP contribution in [-0.4, -0.2) is 193 Å². The topological polar surface area (TPSA) is 307 Å². The summed E-state index contributed by atoms with van der Waals surface area (Å²) >= 11 is 0. The van der Waals surface area contributed by atoms with Gasteiger partial charge in [0.2, 0.25) is 5.91 Å². The number of unbranched alkanes of at least 4 members (excludes halogenated alkanes) is 34. The van der Waals surface area contributed by atoms with Gasteiger partial charge in [0, 0.05) is 6.42 Å². The van der Waals surface area contributed by atoms with E-state index >= 15 is 0 Å². The number of carbonyl (C=O) groups excluding carboxylic acids is 1. The summed E-state index contributed by atoms with van der Waals surface area (Å²) in [6.07, 6.45) is 59.5. The average Bonchev–Trinajstić information content (AvgIpc) is 0.781. The second-order valence-electron chi connectivity index (χ2n) is 28.9. The Kier molecular flexibility index (Phi) is 58.0. The quantitative estimate of drug-likeness (QED) is 0.0199.